The summed E-state index contributed by atoms with van der Waals surface area (Å²) in [5, 5.41) is -0.312. The van der Waals surface area contributed by atoms with E-state index in [0.717, 1.165) is 11.8 Å². The number of nitrogens with zero attached hydrogens (tertiary/aromatic N) is 1. The molecule has 0 spiro atoms. The van der Waals surface area contributed by atoms with E-state index in [2.05, 4.69) is 20.7 Å². The van der Waals surface area contributed by atoms with E-state index in [9.17, 15) is 14.4 Å². The highest BCUT2D eigenvalue weighted by Gasteiger charge is 2.34. The lowest BCUT2D eigenvalue weighted by Gasteiger charge is -2.12. The van der Waals surface area contributed by atoms with Gasteiger partial charge >= 0.3 is 5.97 Å². The van der Waals surface area contributed by atoms with Gasteiger partial charge in [0.15, 0.2) is 18.1 Å². The number of hydrogen-bond acceptors (Lipinski definition) is 8. The van der Waals surface area contributed by atoms with Crippen molar-refractivity contribution in [3.63, 3.8) is 0 Å². The Balaban J connectivity index is 2.22. The van der Waals surface area contributed by atoms with Gasteiger partial charge in [-0.15, -0.1) is 0 Å². The van der Waals surface area contributed by atoms with Gasteiger partial charge in [0.2, 0.25) is 0 Å². The van der Waals surface area contributed by atoms with E-state index < -0.39 is 5.97 Å². The number of hydrogen-bond donors (Lipinski definition) is 0. The highest BCUT2D eigenvalue weighted by molar-refractivity contribution is 9.10. The minimum absolute atomic E-state index is 0.265. The van der Waals surface area contributed by atoms with E-state index >= 15 is 0 Å². The van der Waals surface area contributed by atoms with Crippen LogP contribution >= 0.6 is 27.7 Å². The van der Waals surface area contributed by atoms with Crippen LogP contribution in [0.15, 0.2) is 21.5 Å². The second-order valence-electron chi connectivity index (χ2n) is 5.57. The van der Waals surface area contributed by atoms with Crippen molar-refractivity contribution in [2.24, 2.45) is 0 Å². The molecule has 0 radical (unpaired) electrons. The molecule has 0 bridgehead atoms. The van der Waals surface area contributed by atoms with Crippen LogP contribution in [0, 0.1) is 0 Å². The summed E-state index contributed by atoms with van der Waals surface area (Å²) in [6, 6.07) is 3.27. The molecule has 0 aromatic heterocycles. The van der Waals surface area contributed by atoms with Crippen LogP contribution in [0.2, 0.25) is 0 Å². The molecule has 0 saturated carbocycles. The largest absolute Gasteiger partial charge is 0.493 e. The van der Waals surface area contributed by atoms with Gasteiger partial charge in [0, 0.05) is 24.7 Å². The Labute approximate surface area is 175 Å². The summed E-state index contributed by atoms with van der Waals surface area (Å²) in [6.07, 6.45) is 2.18. The van der Waals surface area contributed by atoms with Crippen LogP contribution in [0.3, 0.4) is 0 Å². The Morgan fingerprint density at radius 3 is 2.61 bits per heavy atom. The molecular formula is C18H20BrNO7S. The Hall–Kier alpha value is -2.04. The number of methoxy groups -OCH3 is 3. The van der Waals surface area contributed by atoms with Crippen LogP contribution in [0.25, 0.3) is 6.08 Å². The number of esters is 1. The van der Waals surface area contributed by atoms with Gasteiger partial charge in [0.25, 0.3) is 11.1 Å². The van der Waals surface area contributed by atoms with Crippen LogP contribution in [-0.4, -0.2) is 63.1 Å². The zero-order valence-electron chi connectivity index (χ0n) is 15.7. The van der Waals surface area contributed by atoms with Gasteiger partial charge in [-0.2, -0.15) is 0 Å². The molecule has 1 aliphatic heterocycles. The SMILES string of the molecule is COCCCN1C(=O)S/C(=C/c2cc(OC)c(OCC(=O)OC)cc2Br)C1=O. The van der Waals surface area contributed by atoms with Crippen LogP contribution in [0.4, 0.5) is 4.79 Å². The summed E-state index contributed by atoms with van der Waals surface area (Å²) in [5.41, 5.74) is 0.629. The molecule has 0 N–H and O–H groups in total. The van der Waals surface area contributed by atoms with Crippen molar-refractivity contribution in [3.8, 4) is 11.5 Å². The van der Waals surface area contributed by atoms with Gasteiger partial charge in [-0.25, -0.2) is 4.79 Å². The fourth-order valence-electron chi connectivity index (χ4n) is 2.33. The first-order valence-corrected chi connectivity index (χ1v) is 9.83. The lowest BCUT2D eigenvalue weighted by Crippen LogP contribution is -2.29. The minimum atomic E-state index is -0.524. The van der Waals surface area contributed by atoms with Crippen molar-refractivity contribution >= 4 is 50.9 Å². The minimum Gasteiger partial charge on any atom is -0.493 e. The second kappa shape index (κ2) is 10.5. The van der Waals surface area contributed by atoms with Crippen LogP contribution in [-0.2, 0) is 19.1 Å². The summed E-state index contributed by atoms with van der Waals surface area (Å²) in [7, 11) is 4.29. The molecule has 0 atom stereocenters. The lowest BCUT2D eigenvalue weighted by molar-refractivity contribution is -0.142. The predicted molar refractivity (Wildman–Crippen MR) is 107 cm³/mol. The number of amides is 2. The molecule has 0 unspecified atom stereocenters. The molecule has 1 saturated heterocycles. The predicted octanol–water partition coefficient (Wildman–Crippen LogP) is 3.08. The van der Waals surface area contributed by atoms with E-state index in [1.54, 1.807) is 25.3 Å². The molecule has 2 amide bonds. The van der Waals surface area contributed by atoms with E-state index in [1.807, 2.05) is 0 Å². The molecule has 1 heterocycles. The van der Waals surface area contributed by atoms with Crippen molar-refractivity contribution < 1.29 is 33.3 Å². The molecule has 10 heteroatoms. The number of halogens is 1. The molecule has 1 aliphatic rings. The lowest BCUT2D eigenvalue weighted by atomic mass is 10.2. The van der Waals surface area contributed by atoms with Gasteiger partial charge in [-0.1, -0.05) is 15.9 Å². The number of benzene rings is 1. The Morgan fingerprint density at radius 1 is 1.21 bits per heavy atom. The average Bonchev–Trinajstić information content (AvgIpc) is 2.95. The summed E-state index contributed by atoms with van der Waals surface area (Å²) in [4.78, 5) is 37.4. The Morgan fingerprint density at radius 2 is 1.96 bits per heavy atom. The zero-order valence-corrected chi connectivity index (χ0v) is 18.1. The monoisotopic (exact) mass is 473 g/mol. The van der Waals surface area contributed by atoms with E-state index in [1.165, 1.54) is 19.1 Å². The van der Waals surface area contributed by atoms with Gasteiger partial charge in [-0.3, -0.25) is 14.5 Å². The standard InChI is InChI=1S/C18H20BrNO7S/c1-24-6-4-5-20-17(22)15(28-18(20)23)8-11-7-13(25-2)14(9-12(11)19)27-10-16(21)26-3/h7-9H,4-6,10H2,1-3H3/b15-8+. The molecule has 1 fully saturated rings. The molecule has 1 aromatic rings. The summed E-state index contributed by atoms with van der Waals surface area (Å²) < 4.78 is 20.8. The molecule has 0 aliphatic carbocycles. The van der Waals surface area contributed by atoms with Crippen molar-refractivity contribution in [1.29, 1.82) is 0 Å². The maximum absolute atomic E-state index is 12.5. The number of carbonyl (C=O) groups excluding carboxylic acids is 3. The van der Waals surface area contributed by atoms with Crippen molar-refractivity contribution in [1.82, 2.24) is 4.90 Å². The highest BCUT2D eigenvalue weighted by Crippen LogP contribution is 2.38. The Kier molecular flexibility index (Phi) is 8.34. The number of rotatable bonds is 9. The number of imide groups is 1. The zero-order chi connectivity index (χ0) is 20.7. The van der Waals surface area contributed by atoms with Crippen molar-refractivity contribution in [3.05, 3.63) is 27.1 Å². The molecule has 1 aromatic carbocycles. The first kappa shape index (κ1) is 22.3. The molecule has 2 rings (SSSR count). The van der Waals surface area contributed by atoms with Gasteiger partial charge in [0.1, 0.15) is 0 Å². The summed E-state index contributed by atoms with van der Waals surface area (Å²) in [5.74, 6) is -0.158. The number of carbonyl (C=O) groups is 3. The maximum atomic E-state index is 12.5. The average molecular weight is 474 g/mol. The van der Waals surface area contributed by atoms with Crippen LogP contribution in [0.5, 0.6) is 11.5 Å². The normalized spacial score (nSPS) is 15.3. The summed E-state index contributed by atoms with van der Waals surface area (Å²) >= 11 is 4.29. The first-order valence-electron chi connectivity index (χ1n) is 8.22. The first-order chi connectivity index (χ1) is 13.4. The molecule has 152 valence electrons. The highest BCUT2D eigenvalue weighted by atomic mass is 79.9. The molecular weight excluding hydrogens is 454 g/mol. The van der Waals surface area contributed by atoms with Gasteiger partial charge < -0.3 is 18.9 Å². The summed E-state index contributed by atoms with van der Waals surface area (Å²) in [6.45, 7) is 0.510. The third kappa shape index (κ3) is 5.49. The smallest absolute Gasteiger partial charge is 0.343 e. The Bertz CT molecular complexity index is 796. The second-order valence-corrected chi connectivity index (χ2v) is 7.42. The fraction of sp³-hybridized carbons (Fsp3) is 0.389. The third-order valence-corrected chi connectivity index (χ3v) is 5.34. The van der Waals surface area contributed by atoms with Crippen LogP contribution in [0.1, 0.15) is 12.0 Å². The van der Waals surface area contributed by atoms with E-state index in [0.29, 0.717) is 46.0 Å². The van der Waals surface area contributed by atoms with Crippen molar-refractivity contribution in [2.75, 3.05) is 41.1 Å². The van der Waals surface area contributed by atoms with Crippen LogP contribution < -0.4 is 9.47 Å². The topological polar surface area (TPSA) is 91.4 Å². The molecule has 28 heavy (non-hydrogen) atoms. The van der Waals surface area contributed by atoms with E-state index in [-0.39, 0.29) is 17.8 Å². The fourth-order valence-corrected chi connectivity index (χ4v) is 3.62. The molecule has 8 nitrogen and oxygen atoms in total. The van der Waals surface area contributed by atoms with Crippen molar-refractivity contribution in [2.45, 2.75) is 6.42 Å². The van der Waals surface area contributed by atoms with Gasteiger partial charge in [0.05, 0.1) is 19.1 Å². The van der Waals surface area contributed by atoms with E-state index in [4.69, 9.17) is 14.2 Å². The number of thioether (sulfide) groups is 1. The van der Waals surface area contributed by atoms with Gasteiger partial charge in [-0.05, 0) is 42.0 Å². The maximum Gasteiger partial charge on any atom is 0.343 e. The quantitative estimate of drug-likeness (QED) is 0.307. The third-order valence-electron chi connectivity index (χ3n) is 3.75. The number of ether oxygens (including phenoxy) is 4.